The molecule has 1 spiro atoms. The molecule has 1 saturated carbocycles. The summed E-state index contributed by atoms with van der Waals surface area (Å²) in [6.07, 6.45) is 1.83. The lowest BCUT2D eigenvalue weighted by molar-refractivity contribution is -0.119. The molecule has 3 amide bonds. The van der Waals surface area contributed by atoms with Gasteiger partial charge in [0.05, 0.1) is 5.56 Å². The van der Waals surface area contributed by atoms with E-state index in [2.05, 4.69) is 10.6 Å². The molecule has 1 aromatic heterocycles. The summed E-state index contributed by atoms with van der Waals surface area (Å²) in [5, 5.41) is 6.31. The molecule has 2 unspecified atom stereocenters. The SMILES string of the molecule is CNC(=O)c1c(-c2ccc(F)cc2)oc2ccc(-c3ccc(C(=O)N4CCC5(CC5NC(C)=O)C4)cc3)cc12. The van der Waals surface area contributed by atoms with Crippen LogP contribution in [0, 0.1) is 11.2 Å². The zero-order valence-electron chi connectivity index (χ0n) is 21.7. The fourth-order valence-electron chi connectivity index (χ4n) is 5.74. The third kappa shape index (κ3) is 4.46. The molecule has 7 nitrogen and oxygen atoms in total. The van der Waals surface area contributed by atoms with Gasteiger partial charge in [-0.25, -0.2) is 4.39 Å². The van der Waals surface area contributed by atoms with Crippen LogP contribution in [0.4, 0.5) is 4.39 Å². The minimum absolute atomic E-state index is 0.0111. The molecule has 2 aliphatic rings. The van der Waals surface area contributed by atoms with Crippen molar-refractivity contribution in [1.82, 2.24) is 15.5 Å². The van der Waals surface area contributed by atoms with Crippen molar-refractivity contribution < 1.29 is 23.2 Å². The van der Waals surface area contributed by atoms with Gasteiger partial charge in [0.1, 0.15) is 17.2 Å². The summed E-state index contributed by atoms with van der Waals surface area (Å²) < 4.78 is 19.5. The van der Waals surface area contributed by atoms with Crippen molar-refractivity contribution in [3.8, 4) is 22.5 Å². The van der Waals surface area contributed by atoms with Crippen LogP contribution >= 0.6 is 0 Å². The quantitative estimate of drug-likeness (QED) is 0.383. The van der Waals surface area contributed by atoms with Gasteiger partial charge in [0.25, 0.3) is 11.8 Å². The molecule has 1 aliphatic heterocycles. The number of rotatable bonds is 5. The second kappa shape index (κ2) is 9.38. The van der Waals surface area contributed by atoms with Crippen LogP contribution in [0.5, 0.6) is 0 Å². The van der Waals surface area contributed by atoms with E-state index >= 15 is 0 Å². The standard InChI is InChI=1S/C31H28FN3O4/c1-18(36)34-26-16-31(26)13-14-35(17-31)30(38)21-5-3-19(4-6-21)22-9-12-25-24(15-22)27(29(37)33-2)28(39-25)20-7-10-23(32)11-8-20/h3-12,15,26H,13-14,16-17H2,1-2H3,(H,33,37)(H,34,36). The summed E-state index contributed by atoms with van der Waals surface area (Å²) in [4.78, 5) is 39.3. The maximum Gasteiger partial charge on any atom is 0.255 e. The van der Waals surface area contributed by atoms with E-state index in [1.165, 1.54) is 19.1 Å². The highest BCUT2D eigenvalue weighted by Gasteiger charge is 2.58. The van der Waals surface area contributed by atoms with Gasteiger partial charge < -0.3 is 20.0 Å². The van der Waals surface area contributed by atoms with Crippen molar-refractivity contribution in [1.29, 1.82) is 0 Å². The Morgan fingerprint density at radius 3 is 2.36 bits per heavy atom. The second-order valence-corrected chi connectivity index (χ2v) is 10.5. The Bertz CT molecular complexity index is 1610. The van der Waals surface area contributed by atoms with Gasteiger partial charge in [0.2, 0.25) is 5.91 Å². The third-order valence-electron chi connectivity index (χ3n) is 7.95. The van der Waals surface area contributed by atoms with E-state index in [0.29, 0.717) is 46.5 Å². The number of carbonyl (C=O) groups is 3. The van der Waals surface area contributed by atoms with Crippen molar-refractivity contribution in [2.75, 3.05) is 20.1 Å². The van der Waals surface area contributed by atoms with Crippen LogP contribution in [-0.4, -0.2) is 48.8 Å². The fraction of sp³-hybridized carbons (Fsp3) is 0.258. The second-order valence-electron chi connectivity index (χ2n) is 10.5. The molecule has 39 heavy (non-hydrogen) atoms. The third-order valence-corrected chi connectivity index (χ3v) is 7.95. The van der Waals surface area contributed by atoms with Crippen LogP contribution in [0.1, 0.15) is 40.5 Å². The maximum atomic E-state index is 13.5. The summed E-state index contributed by atoms with van der Waals surface area (Å²) in [5.74, 6) is -0.331. The molecule has 2 atom stereocenters. The summed E-state index contributed by atoms with van der Waals surface area (Å²) in [6.45, 7) is 2.88. The minimum atomic E-state index is -0.369. The van der Waals surface area contributed by atoms with Crippen LogP contribution in [0.3, 0.4) is 0 Å². The highest BCUT2D eigenvalue weighted by molar-refractivity contribution is 6.11. The summed E-state index contributed by atoms with van der Waals surface area (Å²) in [6, 6.07) is 19.1. The molecule has 2 heterocycles. The van der Waals surface area contributed by atoms with Gasteiger partial charge in [0.15, 0.2) is 0 Å². The predicted molar refractivity (Wildman–Crippen MR) is 146 cm³/mol. The minimum Gasteiger partial charge on any atom is -0.455 e. The van der Waals surface area contributed by atoms with Gasteiger partial charge in [-0.15, -0.1) is 0 Å². The topological polar surface area (TPSA) is 91.7 Å². The van der Waals surface area contributed by atoms with Crippen molar-refractivity contribution in [3.05, 3.63) is 83.7 Å². The van der Waals surface area contributed by atoms with Crippen LogP contribution < -0.4 is 10.6 Å². The predicted octanol–water partition coefficient (Wildman–Crippen LogP) is 5.01. The van der Waals surface area contributed by atoms with Crippen LogP contribution in [0.25, 0.3) is 33.4 Å². The Hall–Kier alpha value is -4.46. The van der Waals surface area contributed by atoms with Crippen LogP contribution in [0.2, 0.25) is 0 Å². The van der Waals surface area contributed by atoms with Crippen molar-refractivity contribution in [2.24, 2.45) is 5.41 Å². The molecule has 0 radical (unpaired) electrons. The first-order valence-corrected chi connectivity index (χ1v) is 13.0. The van der Waals surface area contributed by atoms with Crippen molar-refractivity contribution in [2.45, 2.75) is 25.8 Å². The number of fused-ring (bicyclic) bond motifs is 1. The lowest BCUT2D eigenvalue weighted by Crippen LogP contribution is -2.32. The van der Waals surface area contributed by atoms with Crippen LogP contribution in [-0.2, 0) is 4.79 Å². The molecular weight excluding hydrogens is 497 g/mol. The van der Waals surface area contributed by atoms with Crippen LogP contribution in [0.15, 0.2) is 71.1 Å². The normalized spacial score (nSPS) is 19.9. The summed E-state index contributed by atoms with van der Waals surface area (Å²) in [5.41, 5.74) is 3.94. The number of nitrogens with one attached hydrogen (secondary N) is 2. The lowest BCUT2D eigenvalue weighted by atomic mass is 9.99. The van der Waals surface area contributed by atoms with Gasteiger partial charge in [-0.05, 0) is 72.5 Å². The van der Waals surface area contributed by atoms with Gasteiger partial charge in [0, 0.05) is 55.0 Å². The molecule has 1 aliphatic carbocycles. The number of amides is 3. The molecule has 198 valence electrons. The van der Waals surface area contributed by atoms with Crippen molar-refractivity contribution in [3.63, 3.8) is 0 Å². The molecule has 3 aromatic carbocycles. The number of nitrogens with zero attached hydrogens (tertiary/aromatic N) is 1. The average molecular weight is 526 g/mol. The molecular formula is C31H28FN3O4. The van der Waals surface area contributed by atoms with E-state index in [1.54, 1.807) is 19.2 Å². The van der Waals surface area contributed by atoms with E-state index in [9.17, 15) is 18.8 Å². The first-order chi connectivity index (χ1) is 18.8. The van der Waals surface area contributed by atoms with Gasteiger partial charge in [-0.2, -0.15) is 0 Å². The summed E-state index contributed by atoms with van der Waals surface area (Å²) in [7, 11) is 1.56. The highest BCUT2D eigenvalue weighted by Crippen LogP contribution is 2.53. The number of likely N-dealkylation sites (tertiary alicyclic amines) is 1. The van der Waals surface area contributed by atoms with E-state index in [0.717, 1.165) is 24.0 Å². The smallest absolute Gasteiger partial charge is 0.255 e. The first-order valence-electron chi connectivity index (χ1n) is 13.0. The molecule has 8 heteroatoms. The lowest BCUT2D eigenvalue weighted by Gasteiger charge is -2.17. The fourth-order valence-corrected chi connectivity index (χ4v) is 5.74. The molecule has 4 aromatic rings. The Kier molecular flexibility index (Phi) is 5.98. The number of halogens is 1. The van der Waals surface area contributed by atoms with E-state index in [-0.39, 0.29) is 35.0 Å². The number of hydrogen-bond acceptors (Lipinski definition) is 4. The maximum absolute atomic E-state index is 13.5. The van der Waals surface area contributed by atoms with Gasteiger partial charge >= 0.3 is 0 Å². The van der Waals surface area contributed by atoms with Gasteiger partial charge in [-0.3, -0.25) is 14.4 Å². The molecule has 1 saturated heterocycles. The molecule has 6 rings (SSSR count). The number of hydrogen-bond donors (Lipinski definition) is 2. The molecule has 2 N–H and O–H groups in total. The van der Waals surface area contributed by atoms with E-state index < -0.39 is 0 Å². The largest absolute Gasteiger partial charge is 0.455 e. The van der Waals surface area contributed by atoms with Gasteiger partial charge in [-0.1, -0.05) is 18.2 Å². The Morgan fingerprint density at radius 1 is 0.974 bits per heavy atom. The molecule has 2 fully saturated rings. The Labute approximate surface area is 225 Å². The average Bonchev–Trinajstić information content (AvgIpc) is 3.25. The van der Waals surface area contributed by atoms with Crippen molar-refractivity contribution >= 4 is 28.7 Å². The Balaban J connectivity index is 1.26. The number of furan rings is 1. The zero-order chi connectivity index (χ0) is 27.3. The highest BCUT2D eigenvalue weighted by atomic mass is 19.1. The number of benzene rings is 3. The zero-order valence-corrected chi connectivity index (χ0v) is 21.7. The Morgan fingerprint density at radius 2 is 1.67 bits per heavy atom. The first kappa shape index (κ1) is 24.9. The van der Waals surface area contributed by atoms with E-state index in [1.807, 2.05) is 47.4 Å². The molecule has 0 bridgehead atoms. The number of carbonyl (C=O) groups excluding carboxylic acids is 3. The summed E-state index contributed by atoms with van der Waals surface area (Å²) >= 11 is 0. The monoisotopic (exact) mass is 525 g/mol. The van der Waals surface area contributed by atoms with E-state index in [4.69, 9.17) is 4.42 Å².